The SMILES string of the molecule is Clc1ccc(-c2ncc3c(n2)CCN(Cc2ccccc2Br)C3)cc1. The second kappa shape index (κ2) is 7.24. The normalized spacial score (nSPS) is 14.3. The standard InChI is InChI=1S/C20H17BrClN3/c21-18-4-2-1-3-15(18)12-25-10-9-19-16(13-25)11-23-20(24-19)14-5-7-17(22)8-6-14/h1-8,11H,9-10,12-13H2. The van der Waals surface area contributed by atoms with E-state index in [1.165, 1.54) is 11.1 Å². The van der Waals surface area contributed by atoms with Gasteiger partial charge >= 0.3 is 0 Å². The highest BCUT2D eigenvalue weighted by Gasteiger charge is 2.19. The van der Waals surface area contributed by atoms with Crippen LogP contribution in [0.2, 0.25) is 5.02 Å². The Morgan fingerprint density at radius 1 is 1.08 bits per heavy atom. The number of nitrogens with zero attached hydrogens (tertiary/aromatic N) is 3. The van der Waals surface area contributed by atoms with Crippen LogP contribution in [0.3, 0.4) is 0 Å². The highest BCUT2D eigenvalue weighted by atomic mass is 79.9. The van der Waals surface area contributed by atoms with Crippen molar-refractivity contribution in [1.29, 1.82) is 0 Å². The molecular formula is C20H17BrClN3. The predicted molar refractivity (Wildman–Crippen MR) is 104 cm³/mol. The summed E-state index contributed by atoms with van der Waals surface area (Å²) >= 11 is 9.59. The predicted octanol–water partition coefficient (Wildman–Crippen LogP) is 5.12. The van der Waals surface area contributed by atoms with Gasteiger partial charge in [-0.1, -0.05) is 45.7 Å². The van der Waals surface area contributed by atoms with Gasteiger partial charge in [0.05, 0.1) is 5.69 Å². The molecule has 0 amide bonds. The first-order chi connectivity index (χ1) is 12.2. The van der Waals surface area contributed by atoms with Crippen molar-refractivity contribution in [3.8, 4) is 11.4 Å². The molecule has 5 heteroatoms. The summed E-state index contributed by atoms with van der Waals surface area (Å²) in [4.78, 5) is 11.8. The number of hydrogen-bond donors (Lipinski definition) is 0. The number of rotatable bonds is 3. The molecule has 126 valence electrons. The minimum Gasteiger partial charge on any atom is -0.294 e. The molecule has 0 bridgehead atoms. The van der Waals surface area contributed by atoms with Crippen LogP contribution in [-0.2, 0) is 19.5 Å². The summed E-state index contributed by atoms with van der Waals surface area (Å²) in [5.74, 6) is 0.773. The van der Waals surface area contributed by atoms with Crippen molar-refractivity contribution < 1.29 is 0 Å². The number of hydrogen-bond acceptors (Lipinski definition) is 3. The molecule has 1 aliphatic rings. The fourth-order valence-electron chi connectivity index (χ4n) is 3.12. The van der Waals surface area contributed by atoms with E-state index >= 15 is 0 Å². The molecule has 3 aromatic rings. The van der Waals surface area contributed by atoms with E-state index in [9.17, 15) is 0 Å². The third-order valence-electron chi connectivity index (χ3n) is 4.47. The molecule has 0 atom stereocenters. The number of fused-ring (bicyclic) bond motifs is 1. The van der Waals surface area contributed by atoms with Crippen LogP contribution in [0, 0.1) is 0 Å². The zero-order chi connectivity index (χ0) is 17.2. The minimum atomic E-state index is 0.726. The van der Waals surface area contributed by atoms with Gasteiger partial charge in [0, 0.05) is 52.9 Å². The molecule has 2 heterocycles. The second-order valence-corrected chi connectivity index (χ2v) is 7.52. The topological polar surface area (TPSA) is 29.0 Å². The van der Waals surface area contributed by atoms with Gasteiger partial charge in [-0.25, -0.2) is 9.97 Å². The molecule has 1 aromatic heterocycles. The summed E-state index contributed by atoms with van der Waals surface area (Å²) < 4.78 is 1.16. The van der Waals surface area contributed by atoms with Gasteiger partial charge in [-0.2, -0.15) is 0 Å². The van der Waals surface area contributed by atoms with E-state index in [2.05, 4.69) is 44.0 Å². The van der Waals surface area contributed by atoms with Gasteiger partial charge < -0.3 is 0 Å². The van der Waals surface area contributed by atoms with E-state index < -0.39 is 0 Å². The number of halogens is 2. The molecule has 25 heavy (non-hydrogen) atoms. The molecule has 2 aromatic carbocycles. The fourth-order valence-corrected chi connectivity index (χ4v) is 3.65. The van der Waals surface area contributed by atoms with Crippen LogP contribution in [0.1, 0.15) is 16.8 Å². The average molecular weight is 415 g/mol. The molecule has 0 radical (unpaired) electrons. The monoisotopic (exact) mass is 413 g/mol. The van der Waals surface area contributed by atoms with Crippen molar-refractivity contribution in [3.05, 3.63) is 81.0 Å². The van der Waals surface area contributed by atoms with Crippen molar-refractivity contribution in [3.63, 3.8) is 0 Å². The number of benzene rings is 2. The average Bonchev–Trinajstić information content (AvgIpc) is 2.64. The van der Waals surface area contributed by atoms with E-state index in [-0.39, 0.29) is 0 Å². The lowest BCUT2D eigenvalue weighted by atomic mass is 10.1. The molecular weight excluding hydrogens is 398 g/mol. The van der Waals surface area contributed by atoms with E-state index in [1.807, 2.05) is 36.5 Å². The van der Waals surface area contributed by atoms with Crippen molar-refractivity contribution >= 4 is 27.5 Å². The molecule has 3 nitrogen and oxygen atoms in total. The first-order valence-electron chi connectivity index (χ1n) is 8.25. The summed E-state index contributed by atoms with van der Waals surface area (Å²) in [7, 11) is 0. The Bertz CT molecular complexity index is 896. The molecule has 0 unspecified atom stereocenters. The lowest BCUT2D eigenvalue weighted by Gasteiger charge is -2.28. The Morgan fingerprint density at radius 2 is 1.88 bits per heavy atom. The highest BCUT2D eigenvalue weighted by molar-refractivity contribution is 9.10. The smallest absolute Gasteiger partial charge is 0.159 e. The van der Waals surface area contributed by atoms with Gasteiger partial charge in [0.15, 0.2) is 5.82 Å². The quantitative estimate of drug-likeness (QED) is 0.596. The van der Waals surface area contributed by atoms with Crippen LogP contribution in [0.4, 0.5) is 0 Å². The summed E-state index contributed by atoms with van der Waals surface area (Å²) in [6.07, 6.45) is 2.92. The summed E-state index contributed by atoms with van der Waals surface area (Å²) in [6, 6.07) is 16.1. The van der Waals surface area contributed by atoms with Crippen LogP contribution in [0.25, 0.3) is 11.4 Å². The molecule has 0 aliphatic carbocycles. The Labute approximate surface area is 160 Å². The third kappa shape index (κ3) is 3.76. The van der Waals surface area contributed by atoms with Gasteiger partial charge in [-0.05, 0) is 35.9 Å². The Hall–Kier alpha value is -1.75. The van der Waals surface area contributed by atoms with Crippen LogP contribution in [0.15, 0.2) is 59.2 Å². The van der Waals surface area contributed by atoms with Crippen LogP contribution >= 0.6 is 27.5 Å². The molecule has 1 aliphatic heterocycles. The molecule has 0 spiro atoms. The van der Waals surface area contributed by atoms with Gasteiger partial charge in [-0.15, -0.1) is 0 Å². The number of aromatic nitrogens is 2. The lowest BCUT2D eigenvalue weighted by molar-refractivity contribution is 0.242. The third-order valence-corrected chi connectivity index (χ3v) is 5.49. The van der Waals surface area contributed by atoms with Gasteiger partial charge in [0.2, 0.25) is 0 Å². The van der Waals surface area contributed by atoms with E-state index in [0.29, 0.717) is 0 Å². The first-order valence-corrected chi connectivity index (χ1v) is 9.42. The van der Waals surface area contributed by atoms with Crippen molar-refractivity contribution in [2.24, 2.45) is 0 Å². The van der Waals surface area contributed by atoms with Gasteiger partial charge in [-0.3, -0.25) is 4.90 Å². The van der Waals surface area contributed by atoms with Crippen molar-refractivity contribution in [2.45, 2.75) is 19.5 Å². The van der Waals surface area contributed by atoms with Gasteiger partial charge in [0.1, 0.15) is 0 Å². The molecule has 0 N–H and O–H groups in total. The Morgan fingerprint density at radius 3 is 2.68 bits per heavy atom. The molecule has 4 rings (SSSR count). The first kappa shape index (κ1) is 16.7. The summed E-state index contributed by atoms with van der Waals surface area (Å²) in [6.45, 7) is 2.82. The maximum atomic E-state index is 5.96. The van der Waals surface area contributed by atoms with Crippen molar-refractivity contribution in [2.75, 3.05) is 6.54 Å². The van der Waals surface area contributed by atoms with E-state index in [4.69, 9.17) is 16.6 Å². The van der Waals surface area contributed by atoms with Crippen LogP contribution in [-0.4, -0.2) is 21.4 Å². The molecule has 0 saturated carbocycles. The lowest BCUT2D eigenvalue weighted by Crippen LogP contribution is -2.31. The fraction of sp³-hybridized carbons (Fsp3) is 0.200. The van der Waals surface area contributed by atoms with Crippen molar-refractivity contribution in [1.82, 2.24) is 14.9 Å². The summed E-state index contributed by atoms with van der Waals surface area (Å²) in [5, 5.41) is 0.726. The molecule has 0 saturated heterocycles. The Balaban J connectivity index is 1.52. The Kier molecular flexibility index (Phi) is 4.84. The largest absolute Gasteiger partial charge is 0.294 e. The summed E-state index contributed by atoms with van der Waals surface area (Å²) in [5.41, 5.74) is 4.69. The zero-order valence-corrected chi connectivity index (χ0v) is 16.0. The molecule has 0 fully saturated rings. The maximum absolute atomic E-state index is 5.96. The minimum absolute atomic E-state index is 0.726. The van der Waals surface area contributed by atoms with E-state index in [1.54, 1.807) is 0 Å². The zero-order valence-electron chi connectivity index (χ0n) is 13.6. The van der Waals surface area contributed by atoms with Crippen LogP contribution in [0.5, 0.6) is 0 Å². The maximum Gasteiger partial charge on any atom is 0.159 e. The van der Waals surface area contributed by atoms with E-state index in [0.717, 1.165) is 52.6 Å². The highest BCUT2D eigenvalue weighted by Crippen LogP contribution is 2.24. The van der Waals surface area contributed by atoms with Gasteiger partial charge in [0.25, 0.3) is 0 Å². The second-order valence-electron chi connectivity index (χ2n) is 6.22. The van der Waals surface area contributed by atoms with Crippen LogP contribution < -0.4 is 0 Å².